The van der Waals surface area contributed by atoms with Crippen molar-refractivity contribution in [1.29, 1.82) is 0 Å². The molecule has 0 aliphatic carbocycles. The van der Waals surface area contributed by atoms with Crippen LogP contribution in [-0.4, -0.2) is 24.9 Å². The molecule has 130 valence electrons. The number of rotatable bonds is 3. The van der Waals surface area contributed by atoms with Crippen LogP contribution in [0.15, 0.2) is 42.5 Å². The number of fused-ring (bicyclic) bond motifs is 1. The van der Waals surface area contributed by atoms with Crippen LogP contribution in [0.25, 0.3) is 0 Å². The first-order valence-corrected chi connectivity index (χ1v) is 8.67. The quantitative estimate of drug-likeness (QED) is 0.807. The second-order valence-corrected chi connectivity index (χ2v) is 6.60. The van der Waals surface area contributed by atoms with E-state index in [1.165, 1.54) is 23.8 Å². The largest absolute Gasteiger partial charge is 0.362 e. The molecule has 0 atom stereocenters. The van der Waals surface area contributed by atoms with E-state index >= 15 is 0 Å². The van der Waals surface area contributed by atoms with Gasteiger partial charge in [-0.1, -0.05) is 41.4 Å². The number of nitrogens with one attached hydrogen (secondary N) is 2. The van der Waals surface area contributed by atoms with Crippen molar-refractivity contribution in [2.75, 3.05) is 18.0 Å². The van der Waals surface area contributed by atoms with Crippen LogP contribution in [0.5, 0.6) is 0 Å². The van der Waals surface area contributed by atoms with Crippen LogP contribution < -0.4 is 15.8 Å². The summed E-state index contributed by atoms with van der Waals surface area (Å²) < 4.78 is 0. The Morgan fingerprint density at radius 1 is 1.04 bits per heavy atom. The highest BCUT2D eigenvalue weighted by molar-refractivity contribution is 6.42. The van der Waals surface area contributed by atoms with Gasteiger partial charge in [-0.2, -0.15) is 0 Å². The van der Waals surface area contributed by atoms with E-state index in [1.54, 1.807) is 0 Å². The third kappa shape index (κ3) is 4.24. The van der Waals surface area contributed by atoms with Crippen molar-refractivity contribution in [1.82, 2.24) is 10.9 Å². The second-order valence-electron chi connectivity index (χ2n) is 5.79. The Hall–Kier alpha value is -2.24. The normalized spacial score (nSPS) is 13.1. The molecule has 0 saturated carbocycles. The Balaban J connectivity index is 1.57. The number of halogens is 2. The molecule has 2 aromatic carbocycles. The first-order valence-electron chi connectivity index (χ1n) is 7.91. The molecule has 0 spiro atoms. The fourth-order valence-electron chi connectivity index (χ4n) is 2.82. The van der Waals surface area contributed by atoms with Crippen LogP contribution in [0.3, 0.4) is 0 Å². The zero-order valence-electron chi connectivity index (χ0n) is 13.4. The Bertz CT molecular complexity index is 811. The molecule has 0 saturated heterocycles. The Kier molecular flexibility index (Phi) is 5.46. The zero-order chi connectivity index (χ0) is 17.8. The van der Waals surface area contributed by atoms with Crippen molar-refractivity contribution in [3.63, 3.8) is 0 Å². The van der Waals surface area contributed by atoms with Gasteiger partial charge in [-0.05, 0) is 42.7 Å². The summed E-state index contributed by atoms with van der Waals surface area (Å²) in [6.07, 6.45) is 2.02. The van der Waals surface area contributed by atoms with Crippen molar-refractivity contribution >= 4 is 40.7 Å². The third-order valence-corrected chi connectivity index (χ3v) is 4.78. The predicted octanol–water partition coefficient (Wildman–Crippen LogP) is 3.21. The maximum Gasteiger partial charge on any atom is 0.269 e. The average Bonchev–Trinajstić information content (AvgIpc) is 2.62. The lowest BCUT2D eigenvalue weighted by molar-refractivity contribution is -0.120. The molecule has 2 aromatic rings. The number of carbonyl (C=O) groups is 2. The number of benzene rings is 2. The Labute approximate surface area is 155 Å². The zero-order valence-corrected chi connectivity index (χ0v) is 14.9. The number of amides is 2. The molecule has 25 heavy (non-hydrogen) atoms. The molecule has 3 rings (SSSR count). The van der Waals surface area contributed by atoms with Crippen LogP contribution in [-0.2, 0) is 11.2 Å². The van der Waals surface area contributed by atoms with E-state index in [2.05, 4.69) is 16.9 Å². The van der Waals surface area contributed by atoms with Crippen molar-refractivity contribution in [2.45, 2.75) is 12.8 Å². The van der Waals surface area contributed by atoms with Crippen LogP contribution in [0.4, 0.5) is 5.69 Å². The van der Waals surface area contributed by atoms with Gasteiger partial charge in [-0.25, -0.2) is 0 Å². The summed E-state index contributed by atoms with van der Waals surface area (Å²) in [5.41, 5.74) is 7.45. The minimum absolute atomic E-state index is 0.179. The monoisotopic (exact) mass is 377 g/mol. The van der Waals surface area contributed by atoms with Crippen molar-refractivity contribution in [2.24, 2.45) is 0 Å². The molecular formula is C18H17Cl2N3O2. The van der Waals surface area contributed by atoms with E-state index in [1.807, 2.05) is 23.1 Å². The molecule has 0 radical (unpaired) electrons. The molecular weight excluding hydrogens is 361 g/mol. The van der Waals surface area contributed by atoms with E-state index in [4.69, 9.17) is 23.2 Å². The van der Waals surface area contributed by atoms with Crippen LogP contribution in [0, 0.1) is 0 Å². The summed E-state index contributed by atoms with van der Waals surface area (Å²) in [6, 6.07) is 12.6. The molecule has 0 aromatic heterocycles. The number of aryl methyl sites for hydroxylation is 1. The SMILES string of the molecule is O=C(CN1CCCc2ccccc21)NNC(=O)c1ccc(Cl)c(Cl)c1. The highest BCUT2D eigenvalue weighted by Crippen LogP contribution is 2.26. The predicted molar refractivity (Wildman–Crippen MR) is 99.0 cm³/mol. The number of nitrogens with zero attached hydrogens (tertiary/aromatic N) is 1. The minimum atomic E-state index is -0.453. The number of hydrogen-bond acceptors (Lipinski definition) is 3. The van der Waals surface area contributed by atoms with Gasteiger partial charge in [0.2, 0.25) is 0 Å². The topological polar surface area (TPSA) is 61.4 Å². The van der Waals surface area contributed by atoms with Crippen LogP contribution in [0.1, 0.15) is 22.3 Å². The van der Waals surface area contributed by atoms with Gasteiger partial charge in [0, 0.05) is 17.8 Å². The van der Waals surface area contributed by atoms with Crippen LogP contribution in [0.2, 0.25) is 10.0 Å². The minimum Gasteiger partial charge on any atom is -0.362 e. The summed E-state index contributed by atoms with van der Waals surface area (Å²) in [6.45, 7) is 0.990. The van der Waals surface area contributed by atoms with Gasteiger partial charge in [0.05, 0.1) is 16.6 Å². The lowest BCUT2D eigenvalue weighted by Crippen LogP contribution is -2.47. The van der Waals surface area contributed by atoms with Crippen LogP contribution >= 0.6 is 23.2 Å². The van der Waals surface area contributed by atoms with E-state index in [-0.39, 0.29) is 17.5 Å². The summed E-state index contributed by atoms with van der Waals surface area (Å²) in [5.74, 6) is -0.740. The van der Waals surface area contributed by atoms with Gasteiger partial charge >= 0.3 is 0 Å². The molecule has 1 aliphatic heterocycles. The molecule has 0 fully saturated rings. The standard InChI is InChI=1S/C18H17Cl2N3O2/c19-14-8-7-13(10-15(14)20)18(25)22-21-17(24)11-23-9-3-5-12-4-1-2-6-16(12)23/h1-2,4,6-8,10H,3,5,9,11H2,(H,21,24)(H,22,25). The fourth-order valence-corrected chi connectivity index (χ4v) is 3.12. The number of anilines is 1. The highest BCUT2D eigenvalue weighted by Gasteiger charge is 2.19. The third-order valence-electron chi connectivity index (χ3n) is 4.04. The molecule has 5 nitrogen and oxygen atoms in total. The second kappa shape index (κ2) is 7.76. The Morgan fingerprint density at radius 3 is 2.64 bits per heavy atom. The number of para-hydroxylation sites is 1. The average molecular weight is 378 g/mol. The van der Waals surface area contributed by atoms with E-state index in [0.29, 0.717) is 10.6 Å². The molecule has 0 unspecified atom stereocenters. The van der Waals surface area contributed by atoms with Crippen molar-refractivity contribution in [3.05, 3.63) is 63.6 Å². The Morgan fingerprint density at radius 2 is 1.84 bits per heavy atom. The smallest absolute Gasteiger partial charge is 0.269 e. The van der Waals surface area contributed by atoms with Crippen molar-refractivity contribution < 1.29 is 9.59 Å². The van der Waals surface area contributed by atoms with E-state index in [0.717, 1.165) is 25.1 Å². The summed E-state index contributed by atoms with van der Waals surface area (Å²) >= 11 is 11.7. The molecule has 7 heteroatoms. The first kappa shape index (κ1) is 17.6. The van der Waals surface area contributed by atoms with Gasteiger partial charge in [0.15, 0.2) is 0 Å². The molecule has 1 aliphatic rings. The highest BCUT2D eigenvalue weighted by atomic mass is 35.5. The lowest BCUT2D eigenvalue weighted by Gasteiger charge is -2.30. The van der Waals surface area contributed by atoms with Gasteiger partial charge in [0.1, 0.15) is 0 Å². The molecule has 2 amide bonds. The number of hydrogen-bond donors (Lipinski definition) is 2. The van der Waals surface area contributed by atoms with Crippen molar-refractivity contribution in [3.8, 4) is 0 Å². The maximum atomic E-state index is 12.2. The molecule has 2 N–H and O–H groups in total. The van der Waals surface area contributed by atoms with Gasteiger partial charge in [0.25, 0.3) is 11.8 Å². The lowest BCUT2D eigenvalue weighted by atomic mass is 10.0. The van der Waals surface area contributed by atoms with E-state index in [9.17, 15) is 9.59 Å². The first-order chi connectivity index (χ1) is 12.0. The number of carbonyl (C=O) groups excluding carboxylic acids is 2. The van der Waals surface area contributed by atoms with E-state index < -0.39 is 5.91 Å². The van der Waals surface area contributed by atoms with Gasteiger partial charge in [-0.15, -0.1) is 0 Å². The molecule has 0 bridgehead atoms. The molecule has 1 heterocycles. The van der Waals surface area contributed by atoms with Gasteiger partial charge in [-0.3, -0.25) is 20.4 Å². The fraction of sp³-hybridized carbons (Fsp3) is 0.222. The summed E-state index contributed by atoms with van der Waals surface area (Å²) in [7, 11) is 0. The van der Waals surface area contributed by atoms with Gasteiger partial charge < -0.3 is 4.90 Å². The summed E-state index contributed by atoms with van der Waals surface area (Å²) in [4.78, 5) is 26.2. The number of hydrazine groups is 1. The summed E-state index contributed by atoms with van der Waals surface area (Å²) in [5, 5.41) is 0.650. The maximum absolute atomic E-state index is 12.2.